The first-order valence-electron chi connectivity index (χ1n) is 10.9. The normalized spacial score (nSPS) is 15.2. The zero-order valence-corrected chi connectivity index (χ0v) is 19.0. The van der Waals surface area contributed by atoms with Crippen molar-refractivity contribution in [3.8, 4) is 0 Å². The molecule has 6 nitrogen and oxygen atoms in total. The van der Waals surface area contributed by atoms with Crippen LogP contribution in [-0.2, 0) is 21.0 Å². The third-order valence-electron chi connectivity index (χ3n) is 5.50. The summed E-state index contributed by atoms with van der Waals surface area (Å²) in [6.07, 6.45) is -0.380. The Hall–Kier alpha value is -2.59. The molecule has 0 radical (unpaired) electrons. The van der Waals surface area contributed by atoms with Crippen molar-refractivity contribution >= 4 is 21.6 Å². The van der Waals surface area contributed by atoms with Crippen LogP contribution in [0.2, 0.25) is 0 Å². The maximum Gasteiger partial charge on any atom is 0.416 e. The zero-order chi connectivity index (χ0) is 23.9. The van der Waals surface area contributed by atoms with Gasteiger partial charge in [-0.25, -0.2) is 8.42 Å². The maximum atomic E-state index is 13.2. The second kappa shape index (κ2) is 11.0. The lowest BCUT2D eigenvalue weighted by molar-refractivity contribution is -0.137. The summed E-state index contributed by atoms with van der Waals surface area (Å²) in [5.41, 5.74) is -1.22. The highest BCUT2D eigenvalue weighted by Crippen LogP contribution is 2.33. The van der Waals surface area contributed by atoms with Crippen LogP contribution in [0.25, 0.3) is 0 Å². The van der Waals surface area contributed by atoms with Crippen molar-refractivity contribution in [1.82, 2.24) is 10.2 Å². The summed E-state index contributed by atoms with van der Waals surface area (Å²) in [6, 6.07) is 11.3. The minimum atomic E-state index is -4.64. The Balaban J connectivity index is 1.74. The highest BCUT2D eigenvalue weighted by atomic mass is 32.2. The molecule has 2 aromatic carbocycles. The van der Waals surface area contributed by atoms with Gasteiger partial charge in [0, 0.05) is 6.54 Å². The Morgan fingerprint density at radius 3 is 2.36 bits per heavy atom. The fourth-order valence-electron chi connectivity index (χ4n) is 3.77. The molecule has 0 aliphatic carbocycles. The fraction of sp³-hybridized carbons (Fsp3) is 0.435. The quantitative estimate of drug-likeness (QED) is 0.550. The van der Waals surface area contributed by atoms with Crippen molar-refractivity contribution in [3.63, 3.8) is 0 Å². The van der Waals surface area contributed by atoms with Crippen molar-refractivity contribution in [2.24, 2.45) is 0 Å². The number of benzene rings is 2. The molecular formula is C23H28F3N3O3S. The fourth-order valence-corrected chi connectivity index (χ4v) is 5.21. The number of hydrogen-bond acceptors (Lipinski definition) is 4. The number of amides is 1. The van der Waals surface area contributed by atoms with Gasteiger partial charge in [0.05, 0.1) is 16.1 Å². The van der Waals surface area contributed by atoms with Gasteiger partial charge in [0.1, 0.15) is 6.54 Å². The highest BCUT2D eigenvalue weighted by molar-refractivity contribution is 7.92. The molecule has 0 atom stereocenters. The second-order valence-electron chi connectivity index (χ2n) is 7.98. The average Bonchev–Trinajstić information content (AvgIpc) is 2.81. The van der Waals surface area contributed by atoms with Crippen molar-refractivity contribution in [1.29, 1.82) is 0 Å². The van der Waals surface area contributed by atoms with Crippen LogP contribution in [0.1, 0.15) is 31.2 Å². The van der Waals surface area contributed by atoms with Gasteiger partial charge in [-0.2, -0.15) is 13.2 Å². The summed E-state index contributed by atoms with van der Waals surface area (Å²) >= 11 is 0. The molecule has 180 valence electrons. The zero-order valence-electron chi connectivity index (χ0n) is 18.2. The molecule has 1 aliphatic rings. The van der Waals surface area contributed by atoms with Gasteiger partial charge < -0.3 is 10.2 Å². The first-order chi connectivity index (χ1) is 15.7. The number of piperidine rings is 1. The molecule has 1 N–H and O–H groups in total. The SMILES string of the molecule is O=C(CN(c1cccc(C(F)(F)F)c1)S(=O)(=O)c1ccccc1)NCCCN1CCCCC1. The van der Waals surface area contributed by atoms with E-state index in [1.807, 2.05) is 0 Å². The van der Waals surface area contributed by atoms with E-state index in [-0.39, 0.29) is 10.6 Å². The van der Waals surface area contributed by atoms with Crippen LogP contribution in [0.4, 0.5) is 18.9 Å². The molecule has 1 heterocycles. The van der Waals surface area contributed by atoms with E-state index in [0.29, 0.717) is 13.0 Å². The number of rotatable bonds is 9. The molecule has 10 heteroatoms. The number of nitrogens with zero attached hydrogens (tertiary/aromatic N) is 2. The number of nitrogens with one attached hydrogen (secondary N) is 1. The number of alkyl halides is 3. The van der Waals surface area contributed by atoms with Gasteiger partial charge in [0.2, 0.25) is 5.91 Å². The van der Waals surface area contributed by atoms with E-state index in [0.717, 1.165) is 55.0 Å². The van der Waals surface area contributed by atoms with Gasteiger partial charge in [-0.15, -0.1) is 0 Å². The minimum absolute atomic E-state index is 0.111. The summed E-state index contributed by atoms with van der Waals surface area (Å²) in [4.78, 5) is 14.8. The van der Waals surface area contributed by atoms with Crippen LogP contribution < -0.4 is 9.62 Å². The summed E-state index contributed by atoms with van der Waals surface area (Å²) in [6.45, 7) is 2.64. The van der Waals surface area contributed by atoms with Crippen LogP contribution in [0.15, 0.2) is 59.5 Å². The molecule has 3 rings (SSSR count). The predicted octanol–water partition coefficient (Wildman–Crippen LogP) is 3.89. The number of anilines is 1. The monoisotopic (exact) mass is 483 g/mol. The molecule has 33 heavy (non-hydrogen) atoms. The van der Waals surface area contributed by atoms with Gasteiger partial charge in [-0.05, 0) is 69.2 Å². The molecule has 0 unspecified atom stereocenters. The molecule has 1 amide bonds. The third-order valence-corrected chi connectivity index (χ3v) is 7.29. The second-order valence-corrected chi connectivity index (χ2v) is 9.84. The van der Waals surface area contributed by atoms with E-state index in [9.17, 15) is 26.4 Å². The maximum absolute atomic E-state index is 13.2. The van der Waals surface area contributed by atoms with Crippen LogP contribution in [-0.4, -0.2) is 51.9 Å². The van der Waals surface area contributed by atoms with Crippen molar-refractivity contribution < 1.29 is 26.4 Å². The Morgan fingerprint density at radius 2 is 1.70 bits per heavy atom. The third kappa shape index (κ3) is 6.94. The lowest BCUT2D eigenvalue weighted by atomic mass is 10.1. The van der Waals surface area contributed by atoms with Crippen LogP contribution in [0.3, 0.4) is 0 Å². The van der Waals surface area contributed by atoms with Gasteiger partial charge in [0.25, 0.3) is 10.0 Å². The number of sulfonamides is 1. The summed E-state index contributed by atoms with van der Waals surface area (Å²) in [7, 11) is -4.26. The first kappa shape index (κ1) is 25.0. The molecule has 0 spiro atoms. The molecule has 1 aliphatic heterocycles. The Labute approximate surface area is 192 Å². The number of likely N-dealkylation sites (tertiary alicyclic amines) is 1. The van der Waals surface area contributed by atoms with E-state index in [4.69, 9.17) is 0 Å². The lowest BCUT2D eigenvalue weighted by Crippen LogP contribution is -2.41. The molecule has 0 bridgehead atoms. The molecule has 0 aromatic heterocycles. The van der Waals surface area contributed by atoms with E-state index < -0.39 is 34.2 Å². The van der Waals surface area contributed by atoms with Crippen LogP contribution in [0, 0.1) is 0 Å². The Kier molecular flexibility index (Phi) is 8.36. The Morgan fingerprint density at radius 1 is 1.00 bits per heavy atom. The standard InChI is InChI=1S/C23H28F3N3O3S/c24-23(25,26)19-9-7-10-20(17-19)29(33(31,32)21-11-3-1-4-12-21)18-22(30)27-13-8-16-28-14-5-2-6-15-28/h1,3-4,7,9-12,17H,2,5-6,8,13-16,18H2,(H,27,30). The van der Waals surface area contributed by atoms with Crippen molar-refractivity contribution in [2.75, 3.05) is 37.0 Å². The van der Waals surface area contributed by atoms with Crippen molar-refractivity contribution in [3.05, 3.63) is 60.2 Å². The Bertz CT molecular complexity index is 1020. The number of hydrogen-bond donors (Lipinski definition) is 1. The van der Waals surface area contributed by atoms with Crippen LogP contribution >= 0.6 is 0 Å². The molecule has 1 fully saturated rings. The number of halogens is 3. The van der Waals surface area contributed by atoms with Crippen LogP contribution in [0.5, 0.6) is 0 Å². The van der Waals surface area contributed by atoms with Gasteiger partial charge in [-0.3, -0.25) is 9.10 Å². The highest BCUT2D eigenvalue weighted by Gasteiger charge is 2.33. The lowest BCUT2D eigenvalue weighted by Gasteiger charge is -2.26. The summed E-state index contributed by atoms with van der Waals surface area (Å²) in [5.74, 6) is -0.578. The minimum Gasteiger partial charge on any atom is -0.354 e. The molecule has 1 saturated heterocycles. The van der Waals surface area contributed by atoms with Gasteiger partial charge in [-0.1, -0.05) is 30.7 Å². The summed E-state index contributed by atoms with van der Waals surface area (Å²) < 4.78 is 66.8. The number of carbonyl (C=O) groups excluding carboxylic acids is 1. The molecule has 0 saturated carbocycles. The van der Waals surface area contributed by atoms with E-state index >= 15 is 0 Å². The molecular weight excluding hydrogens is 455 g/mol. The van der Waals surface area contributed by atoms with Gasteiger partial charge >= 0.3 is 6.18 Å². The average molecular weight is 484 g/mol. The molecule has 2 aromatic rings. The largest absolute Gasteiger partial charge is 0.416 e. The first-order valence-corrected chi connectivity index (χ1v) is 12.4. The topological polar surface area (TPSA) is 69.7 Å². The van der Waals surface area contributed by atoms with E-state index in [1.54, 1.807) is 6.07 Å². The predicted molar refractivity (Wildman–Crippen MR) is 120 cm³/mol. The van der Waals surface area contributed by atoms with E-state index in [1.165, 1.54) is 36.8 Å². The van der Waals surface area contributed by atoms with E-state index in [2.05, 4.69) is 10.2 Å². The smallest absolute Gasteiger partial charge is 0.354 e. The summed E-state index contributed by atoms with van der Waals surface area (Å²) in [5, 5.41) is 2.70. The number of carbonyl (C=O) groups is 1. The van der Waals surface area contributed by atoms with Gasteiger partial charge in [0.15, 0.2) is 0 Å². The van der Waals surface area contributed by atoms with Crippen molar-refractivity contribution in [2.45, 2.75) is 36.8 Å².